The first-order chi connectivity index (χ1) is 9.37. The van der Waals surface area contributed by atoms with Crippen molar-refractivity contribution in [1.82, 2.24) is 4.90 Å². The Labute approximate surface area is 121 Å². The van der Waals surface area contributed by atoms with Crippen LogP contribution in [0.25, 0.3) is 0 Å². The third kappa shape index (κ3) is 3.83. The maximum atomic E-state index is 12.3. The molecule has 1 amide bonds. The van der Waals surface area contributed by atoms with Crippen LogP contribution in [-0.2, 0) is 11.2 Å². The predicted octanol–water partition coefficient (Wildman–Crippen LogP) is 2.73. The number of amides is 1. The first-order valence-electron chi connectivity index (χ1n) is 7.41. The van der Waals surface area contributed by atoms with Crippen molar-refractivity contribution < 1.29 is 9.90 Å². The average Bonchev–Trinajstić information content (AvgIpc) is 2.37. The van der Waals surface area contributed by atoms with Gasteiger partial charge in [-0.05, 0) is 50.2 Å². The highest BCUT2D eigenvalue weighted by atomic mass is 16.3. The van der Waals surface area contributed by atoms with Gasteiger partial charge >= 0.3 is 0 Å². The number of carbonyl (C=O) groups is 1. The quantitative estimate of drug-likeness (QED) is 0.918. The summed E-state index contributed by atoms with van der Waals surface area (Å²) in [4.78, 5) is 14.0. The van der Waals surface area contributed by atoms with Crippen molar-refractivity contribution in [3.63, 3.8) is 0 Å². The molecule has 0 saturated carbocycles. The molecule has 2 rings (SSSR count). The van der Waals surface area contributed by atoms with E-state index >= 15 is 0 Å². The molecule has 20 heavy (non-hydrogen) atoms. The zero-order valence-electron chi connectivity index (χ0n) is 12.7. The Morgan fingerprint density at radius 3 is 2.80 bits per heavy atom. The number of likely N-dealkylation sites (N-methyl/N-ethyl adjacent to an activating group) is 1. The average molecular weight is 275 g/mol. The lowest BCUT2D eigenvalue weighted by Gasteiger charge is -2.29. The summed E-state index contributed by atoms with van der Waals surface area (Å²) in [5, 5.41) is 9.81. The maximum absolute atomic E-state index is 12.3. The zero-order chi connectivity index (χ0) is 14.8. The second-order valence-corrected chi connectivity index (χ2v) is 6.55. The molecule has 1 aliphatic carbocycles. The number of hydrogen-bond donors (Lipinski definition) is 1. The molecular formula is C17H25NO2. The van der Waals surface area contributed by atoms with Crippen LogP contribution in [0.2, 0.25) is 0 Å². The van der Waals surface area contributed by atoms with E-state index in [0.29, 0.717) is 18.9 Å². The summed E-state index contributed by atoms with van der Waals surface area (Å²) in [5.74, 6) is 0.450. The number of aliphatic hydroxyl groups is 1. The first kappa shape index (κ1) is 15.0. The molecule has 1 aromatic rings. The van der Waals surface area contributed by atoms with Gasteiger partial charge in [0.2, 0.25) is 5.91 Å². The molecule has 0 heterocycles. The van der Waals surface area contributed by atoms with Crippen LogP contribution in [0, 0.1) is 0 Å². The van der Waals surface area contributed by atoms with Crippen LogP contribution < -0.4 is 0 Å². The van der Waals surface area contributed by atoms with Gasteiger partial charge in [0, 0.05) is 20.0 Å². The van der Waals surface area contributed by atoms with Gasteiger partial charge in [-0.1, -0.05) is 24.3 Å². The van der Waals surface area contributed by atoms with Gasteiger partial charge in [0.25, 0.3) is 0 Å². The Hall–Kier alpha value is -1.35. The fourth-order valence-corrected chi connectivity index (χ4v) is 3.10. The van der Waals surface area contributed by atoms with Crippen LogP contribution >= 0.6 is 0 Å². The molecule has 1 unspecified atom stereocenters. The molecule has 3 nitrogen and oxygen atoms in total. The van der Waals surface area contributed by atoms with Gasteiger partial charge in [0.15, 0.2) is 0 Å². The molecule has 0 aromatic heterocycles. The number of nitrogens with zero attached hydrogens (tertiary/aromatic N) is 1. The van der Waals surface area contributed by atoms with Crippen molar-refractivity contribution in [2.45, 2.75) is 51.0 Å². The minimum absolute atomic E-state index is 0.119. The smallest absolute Gasteiger partial charge is 0.223 e. The van der Waals surface area contributed by atoms with Crippen molar-refractivity contribution >= 4 is 5.91 Å². The minimum atomic E-state index is -0.838. The lowest BCUT2D eigenvalue weighted by atomic mass is 9.81. The topological polar surface area (TPSA) is 40.5 Å². The highest BCUT2D eigenvalue weighted by Crippen LogP contribution is 2.34. The molecule has 0 bridgehead atoms. The summed E-state index contributed by atoms with van der Waals surface area (Å²) in [6.45, 7) is 3.83. The van der Waals surface area contributed by atoms with E-state index in [1.807, 2.05) is 0 Å². The zero-order valence-corrected chi connectivity index (χ0v) is 12.7. The van der Waals surface area contributed by atoms with Gasteiger partial charge in [0.1, 0.15) is 0 Å². The predicted molar refractivity (Wildman–Crippen MR) is 80.7 cm³/mol. The summed E-state index contributed by atoms with van der Waals surface area (Å²) in [7, 11) is 1.77. The SMILES string of the molecule is CN(CC(C)(C)O)C(=O)CC1CCCc2ccccc21. The fourth-order valence-electron chi connectivity index (χ4n) is 3.10. The summed E-state index contributed by atoms with van der Waals surface area (Å²) in [6, 6.07) is 8.46. The van der Waals surface area contributed by atoms with Crippen molar-refractivity contribution in [1.29, 1.82) is 0 Å². The molecule has 0 spiro atoms. The highest BCUT2D eigenvalue weighted by molar-refractivity contribution is 5.77. The largest absolute Gasteiger partial charge is 0.389 e. The van der Waals surface area contributed by atoms with Crippen molar-refractivity contribution in [2.75, 3.05) is 13.6 Å². The normalized spacial score (nSPS) is 18.5. The van der Waals surface area contributed by atoms with E-state index in [9.17, 15) is 9.90 Å². The fraction of sp³-hybridized carbons (Fsp3) is 0.588. The van der Waals surface area contributed by atoms with E-state index in [-0.39, 0.29) is 5.91 Å². The molecule has 1 N–H and O–H groups in total. The lowest BCUT2D eigenvalue weighted by Crippen LogP contribution is -2.40. The molecule has 110 valence electrons. The second kappa shape index (κ2) is 5.96. The van der Waals surface area contributed by atoms with Crippen LogP contribution in [0.4, 0.5) is 0 Å². The summed E-state index contributed by atoms with van der Waals surface area (Å²) >= 11 is 0. The third-order valence-electron chi connectivity index (χ3n) is 3.96. The number of fused-ring (bicyclic) bond motifs is 1. The van der Waals surface area contributed by atoms with Crippen molar-refractivity contribution in [3.05, 3.63) is 35.4 Å². The molecule has 1 atom stereocenters. The van der Waals surface area contributed by atoms with Crippen LogP contribution in [0.15, 0.2) is 24.3 Å². The molecule has 0 aliphatic heterocycles. The summed E-state index contributed by atoms with van der Waals surface area (Å²) < 4.78 is 0. The third-order valence-corrected chi connectivity index (χ3v) is 3.96. The maximum Gasteiger partial charge on any atom is 0.223 e. The molecular weight excluding hydrogens is 250 g/mol. The Bertz CT molecular complexity index is 476. The number of hydrogen-bond acceptors (Lipinski definition) is 2. The van der Waals surface area contributed by atoms with E-state index in [2.05, 4.69) is 24.3 Å². The van der Waals surface area contributed by atoms with Gasteiger partial charge in [0.05, 0.1) is 5.60 Å². The number of rotatable bonds is 4. The Morgan fingerprint density at radius 1 is 1.40 bits per heavy atom. The molecule has 0 fully saturated rings. The van der Waals surface area contributed by atoms with Gasteiger partial charge in [-0.15, -0.1) is 0 Å². The van der Waals surface area contributed by atoms with E-state index < -0.39 is 5.60 Å². The lowest BCUT2D eigenvalue weighted by molar-refractivity contribution is -0.133. The van der Waals surface area contributed by atoms with Crippen LogP contribution in [0.5, 0.6) is 0 Å². The van der Waals surface area contributed by atoms with Crippen molar-refractivity contribution in [3.8, 4) is 0 Å². The number of benzene rings is 1. The Kier molecular flexibility index (Phi) is 4.48. The van der Waals surface area contributed by atoms with E-state index in [1.165, 1.54) is 11.1 Å². The molecule has 0 radical (unpaired) electrons. The highest BCUT2D eigenvalue weighted by Gasteiger charge is 2.25. The summed E-state index contributed by atoms with van der Waals surface area (Å²) in [5.41, 5.74) is 1.89. The van der Waals surface area contributed by atoms with Crippen LogP contribution in [0.3, 0.4) is 0 Å². The second-order valence-electron chi connectivity index (χ2n) is 6.55. The van der Waals surface area contributed by atoms with Crippen LogP contribution in [0.1, 0.15) is 50.2 Å². The van der Waals surface area contributed by atoms with Gasteiger partial charge in [-0.25, -0.2) is 0 Å². The minimum Gasteiger partial charge on any atom is -0.389 e. The van der Waals surface area contributed by atoms with Crippen molar-refractivity contribution in [2.24, 2.45) is 0 Å². The Morgan fingerprint density at radius 2 is 2.10 bits per heavy atom. The van der Waals surface area contributed by atoms with Gasteiger partial charge in [-0.2, -0.15) is 0 Å². The first-order valence-corrected chi connectivity index (χ1v) is 7.41. The summed E-state index contributed by atoms with van der Waals surface area (Å²) in [6.07, 6.45) is 3.91. The van der Waals surface area contributed by atoms with E-state index in [4.69, 9.17) is 0 Å². The molecule has 1 aromatic carbocycles. The molecule has 1 aliphatic rings. The van der Waals surface area contributed by atoms with Crippen LogP contribution in [-0.4, -0.2) is 35.1 Å². The standard InChI is InChI=1S/C17H25NO2/c1-17(2,20)12-18(3)16(19)11-14-9-6-8-13-7-4-5-10-15(13)14/h4-5,7,10,14,20H,6,8-9,11-12H2,1-3H3. The van der Waals surface area contributed by atoms with Gasteiger partial charge < -0.3 is 10.0 Å². The molecule has 3 heteroatoms. The van der Waals surface area contributed by atoms with E-state index in [0.717, 1.165) is 19.3 Å². The van der Waals surface area contributed by atoms with Gasteiger partial charge in [-0.3, -0.25) is 4.79 Å². The Balaban J connectivity index is 2.02. The molecule has 0 saturated heterocycles. The van der Waals surface area contributed by atoms with E-state index in [1.54, 1.807) is 25.8 Å². The number of aryl methyl sites for hydroxylation is 1. The monoisotopic (exact) mass is 275 g/mol. The number of carbonyl (C=O) groups excluding carboxylic acids is 1.